The van der Waals surface area contributed by atoms with Gasteiger partial charge in [0, 0.05) is 6.54 Å². The van der Waals surface area contributed by atoms with Gasteiger partial charge in [0.25, 0.3) is 0 Å². The molecule has 0 aliphatic heterocycles. The van der Waals surface area contributed by atoms with Gasteiger partial charge < -0.3 is 10.1 Å². The molecule has 2 aromatic carbocycles. The monoisotopic (exact) mass is 299 g/mol. The lowest BCUT2D eigenvalue weighted by atomic mass is 10.1. The van der Waals surface area contributed by atoms with E-state index in [1.807, 2.05) is 42.5 Å². The van der Waals surface area contributed by atoms with E-state index >= 15 is 0 Å². The van der Waals surface area contributed by atoms with E-state index in [0.29, 0.717) is 12.5 Å². The summed E-state index contributed by atoms with van der Waals surface area (Å²) in [6, 6.07) is 16.4. The zero-order valence-electron chi connectivity index (χ0n) is 12.2. The standard InChI is InChI=1S/C18H18FNO2/c19-17-9-5-4-8-15(17)16-10-14(16)11-20-18(21)22-12-13-6-2-1-3-7-13/h1-9,14,16H,10-12H2,(H,20,21)/t14-,16+/m1/s1. The van der Waals surface area contributed by atoms with Crippen molar-refractivity contribution >= 4 is 6.09 Å². The minimum Gasteiger partial charge on any atom is -0.445 e. The van der Waals surface area contributed by atoms with Crippen LogP contribution in [-0.2, 0) is 11.3 Å². The van der Waals surface area contributed by atoms with Crippen LogP contribution in [0.2, 0.25) is 0 Å². The number of alkyl carbamates (subject to hydrolysis) is 1. The Bertz CT molecular complexity index is 645. The molecule has 4 heteroatoms. The number of amides is 1. The minimum absolute atomic E-state index is 0.165. The van der Waals surface area contributed by atoms with Crippen molar-refractivity contribution in [3.63, 3.8) is 0 Å². The van der Waals surface area contributed by atoms with Gasteiger partial charge >= 0.3 is 6.09 Å². The normalized spacial score (nSPS) is 19.5. The van der Waals surface area contributed by atoms with Gasteiger partial charge in [-0.25, -0.2) is 9.18 Å². The van der Waals surface area contributed by atoms with Gasteiger partial charge in [0.1, 0.15) is 12.4 Å². The number of hydrogen-bond acceptors (Lipinski definition) is 2. The zero-order valence-corrected chi connectivity index (χ0v) is 12.2. The second-order valence-corrected chi connectivity index (χ2v) is 5.57. The maximum absolute atomic E-state index is 13.6. The van der Waals surface area contributed by atoms with E-state index in [2.05, 4.69) is 5.32 Å². The first-order valence-electron chi connectivity index (χ1n) is 7.43. The summed E-state index contributed by atoms with van der Waals surface area (Å²) < 4.78 is 18.8. The number of carbonyl (C=O) groups is 1. The molecule has 0 bridgehead atoms. The van der Waals surface area contributed by atoms with Gasteiger partial charge in [0.05, 0.1) is 0 Å². The second kappa shape index (κ2) is 6.60. The van der Waals surface area contributed by atoms with Crippen molar-refractivity contribution in [1.29, 1.82) is 0 Å². The SMILES string of the molecule is O=C(NC[C@H]1C[C@@H]1c1ccccc1F)OCc1ccccc1. The fraction of sp³-hybridized carbons (Fsp3) is 0.278. The summed E-state index contributed by atoms with van der Waals surface area (Å²) in [5.41, 5.74) is 1.69. The topological polar surface area (TPSA) is 38.3 Å². The zero-order chi connectivity index (χ0) is 15.4. The van der Waals surface area contributed by atoms with Crippen molar-refractivity contribution in [2.24, 2.45) is 5.92 Å². The molecule has 3 nitrogen and oxygen atoms in total. The average molecular weight is 299 g/mol. The Hall–Kier alpha value is -2.36. The van der Waals surface area contributed by atoms with E-state index in [1.54, 1.807) is 6.07 Å². The summed E-state index contributed by atoms with van der Waals surface area (Å²) in [5.74, 6) is 0.332. The molecule has 1 amide bonds. The third kappa shape index (κ3) is 3.64. The predicted molar refractivity (Wildman–Crippen MR) is 81.9 cm³/mol. The molecular weight excluding hydrogens is 281 g/mol. The highest BCUT2D eigenvalue weighted by atomic mass is 19.1. The summed E-state index contributed by atoms with van der Waals surface area (Å²) in [6.45, 7) is 0.778. The van der Waals surface area contributed by atoms with Gasteiger partial charge in [-0.3, -0.25) is 0 Å². The van der Waals surface area contributed by atoms with Crippen LogP contribution in [0.25, 0.3) is 0 Å². The van der Waals surface area contributed by atoms with E-state index < -0.39 is 6.09 Å². The Kier molecular flexibility index (Phi) is 4.37. The summed E-state index contributed by atoms with van der Waals surface area (Å²) in [4.78, 5) is 11.7. The number of hydrogen-bond donors (Lipinski definition) is 1. The molecule has 22 heavy (non-hydrogen) atoms. The highest BCUT2D eigenvalue weighted by Gasteiger charge is 2.39. The minimum atomic E-state index is -0.428. The largest absolute Gasteiger partial charge is 0.445 e. The van der Waals surface area contributed by atoms with Crippen LogP contribution in [0, 0.1) is 11.7 Å². The molecule has 0 radical (unpaired) electrons. The van der Waals surface area contributed by atoms with Gasteiger partial charge in [0.2, 0.25) is 0 Å². The van der Waals surface area contributed by atoms with Crippen LogP contribution in [0.15, 0.2) is 54.6 Å². The summed E-state index contributed by atoms with van der Waals surface area (Å²) in [5, 5.41) is 2.75. The Morgan fingerprint density at radius 1 is 1.14 bits per heavy atom. The first-order chi connectivity index (χ1) is 10.7. The lowest BCUT2D eigenvalue weighted by molar-refractivity contribution is 0.139. The quantitative estimate of drug-likeness (QED) is 0.910. The lowest BCUT2D eigenvalue weighted by Crippen LogP contribution is -2.26. The molecule has 0 aromatic heterocycles. The molecule has 3 rings (SSSR count). The van der Waals surface area contributed by atoms with Crippen LogP contribution < -0.4 is 5.32 Å². The first kappa shape index (κ1) is 14.6. The summed E-state index contributed by atoms with van der Waals surface area (Å²) in [6.07, 6.45) is 0.475. The van der Waals surface area contributed by atoms with Gasteiger partial charge in [-0.2, -0.15) is 0 Å². The number of carbonyl (C=O) groups excluding carboxylic acids is 1. The maximum Gasteiger partial charge on any atom is 0.407 e. The molecule has 2 aromatic rings. The maximum atomic E-state index is 13.6. The van der Waals surface area contributed by atoms with Crippen LogP contribution in [-0.4, -0.2) is 12.6 Å². The van der Waals surface area contributed by atoms with Crippen molar-refractivity contribution in [3.05, 3.63) is 71.5 Å². The average Bonchev–Trinajstić information content (AvgIpc) is 3.32. The summed E-state index contributed by atoms with van der Waals surface area (Å²) in [7, 11) is 0. The first-order valence-corrected chi connectivity index (χ1v) is 7.43. The highest BCUT2D eigenvalue weighted by molar-refractivity contribution is 5.67. The molecule has 1 saturated carbocycles. The van der Waals surface area contributed by atoms with Gasteiger partial charge in [-0.05, 0) is 35.4 Å². The van der Waals surface area contributed by atoms with Crippen LogP contribution in [0.5, 0.6) is 0 Å². The molecule has 0 heterocycles. The Balaban J connectivity index is 1.41. The van der Waals surface area contributed by atoms with Crippen LogP contribution in [0.1, 0.15) is 23.5 Å². The molecule has 0 saturated heterocycles. The van der Waals surface area contributed by atoms with E-state index in [0.717, 1.165) is 17.5 Å². The lowest BCUT2D eigenvalue weighted by Gasteiger charge is -2.07. The number of halogens is 1. The fourth-order valence-electron chi connectivity index (χ4n) is 2.62. The highest BCUT2D eigenvalue weighted by Crippen LogP contribution is 2.47. The van der Waals surface area contributed by atoms with E-state index in [1.165, 1.54) is 6.07 Å². The van der Waals surface area contributed by atoms with Gasteiger partial charge in [-0.1, -0.05) is 48.5 Å². The number of benzene rings is 2. The van der Waals surface area contributed by atoms with Crippen molar-refractivity contribution in [2.45, 2.75) is 18.9 Å². The Morgan fingerprint density at radius 2 is 1.86 bits per heavy atom. The van der Waals surface area contributed by atoms with Gasteiger partial charge in [0.15, 0.2) is 0 Å². The number of nitrogens with one attached hydrogen (secondary N) is 1. The van der Waals surface area contributed by atoms with Crippen molar-refractivity contribution in [2.75, 3.05) is 6.54 Å². The van der Waals surface area contributed by atoms with E-state index in [9.17, 15) is 9.18 Å². The van der Waals surface area contributed by atoms with Crippen molar-refractivity contribution < 1.29 is 13.9 Å². The molecule has 0 spiro atoms. The molecule has 2 atom stereocenters. The van der Waals surface area contributed by atoms with Crippen molar-refractivity contribution in [1.82, 2.24) is 5.32 Å². The number of ether oxygens (including phenoxy) is 1. The summed E-state index contributed by atoms with van der Waals surface area (Å²) >= 11 is 0. The predicted octanol–water partition coefficient (Wildman–Crippen LogP) is 3.86. The van der Waals surface area contributed by atoms with Gasteiger partial charge in [-0.15, -0.1) is 0 Å². The van der Waals surface area contributed by atoms with Crippen LogP contribution in [0.3, 0.4) is 0 Å². The Labute approximate surface area is 129 Å². The molecular formula is C18H18FNO2. The van der Waals surface area contributed by atoms with E-state index in [-0.39, 0.29) is 18.3 Å². The fourth-order valence-corrected chi connectivity index (χ4v) is 2.62. The van der Waals surface area contributed by atoms with Crippen molar-refractivity contribution in [3.8, 4) is 0 Å². The Morgan fingerprint density at radius 3 is 2.64 bits per heavy atom. The van der Waals surface area contributed by atoms with Crippen LogP contribution >= 0.6 is 0 Å². The molecule has 1 fully saturated rings. The second-order valence-electron chi connectivity index (χ2n) is 5.57. The third-order valence-corrected chi connectivity index (χ3v) is 3.95. The molecule has 1 aliphatic carbocycles. The molecule has 114 valence electrons. The molecule has 1 aliphatic rings. The smallest absolute Gasteiger partial charge is 0.407 e. The van der Waals surface area contributed by atoms with Crippen LogP contribution in [0.4, 0.5) is 9.18 Å². The third-order valence-electron chi connectivity index (χ3n) is 3.95. The molecule has 0 unspecified atom stereocenters. The molecule has 1 N–H and O–H groups in total. The number of rotatable bonds is 5. The van der Waals surface area contributed by atoms with E-state index in [4.69, 9.17) is 4.74 Å².